The fourth-order valence-corrected chi connectivity index (χ4v) is 2.42. The first kappa shape index (κ1) is 14.7. The Morgan fingerprint density at radius 1 is 1.50 bits per heavy atom. The predicted molar refractivity (Wildman–Crippen MR) is 65.9 cm³/mol. The number of carbonyl (C=O) groups is 1. The van der Waals surface area contributed by atoms with Crippen molar-refractivity contribution < 1.29 is 22.7 Å². The fourth-order valence-electron chi connectivity index (χ4n) is 1.32. The van der Waals surface area contributed by atoms with Crippen molar-refractivity contribution in [3.63, 3.8) is 0 Å². The van der Waals surface area contributed by atoms with Crippen LogP contribution in [0.5, 0.6) is 0 Å². The SMILES string of the molecule is CS(=O)(=O)N(CCC(=O)O)c1ccc(F)c(Cl)c1. The van der Waals surface area contributed by atoms with Crippen LogP contribution in [0.1, 0.15) is 6.42 Å². The van der Waals surface area contributed by atoms with Gasteiger partial charge in [0.15, 0.2) is 0 Å². The van der Waals surface area contributed by atoms with Gasteiger partial charge in [-0.2, -0.15) is 0 Å². The number of benzene rings is 1. The van der Waals surface area contributed by atoms with Gasteiger partial charge >= 0.3 is 5.97 Å². The summed E-state index contributed by atoms with van der Waals surface area (Å²) >= 11 is 5.56. The summed E-state index contributed by atoms with van der Waals surface area (Å²) in [5, 5.41) is 8.34. The Labute approximate surface area is 109 Å². The summed E-state index contributed by atoms with van der Waals surface area (Å²) in [6.07, 6.45) is 0.578. The Balaban J connectivity index is 3.10. The summed E-state index contributed by atoms with van der Waals surface area (Å²) in [5.41, 5.74) is 0.130. The quantitative estimate of drug-likeness (QED) is 0.897. The summed E-state index contributed by atoms with van der Waals surface area (Å²) in [4.78, 5) is 10.5. The standard InChI is InChI=1S/C10H11ClFNO4S/c1-18(16,17)13(5-4-10(14)15)7-2-3-9(12)8(11)6-7/h2-3,6H,4-5H2,1H3,(H,14,15). The number of hydrogen-bond acceptors (Lipinski definition) is 3. The van der Waals surface area contributed by atoms with Crippen LogP contribution in [0.2, 0.25) is 5.02 Å². The predicted octanol–water partition coefficient (Wildman–Crippen LogP) is 1.72. The Bertz CT molecular complexity index is 561. The molecule has 0 aliphatic heterocycles. The monoisotopic (exact) mass is 295 g/mol. The molecule has 18 heavy (non-hydrogen) atoms. The molecule has 0 aromatic heterocycles. The molecule has 0 amide bonds. The van der Waals surface area contributed by atoms with Gasteiger partial charge in [-0.1, -0.05) is 11.6 Å². The lowest BCUT2D eigenvalue weighted by molar-refractivity contribution is -0.136. The van der Waals surface area contributed by atoms with Gasteiger partial charge in [0.1, 0.15) is 5.82 Å². The highest BCUT2D eigenvalue weighted by molar-refractivity contribution is 7.92. The normalized spacial score (nSPS) is 11.3. The molecule has 100 valence electrons. The Morgan fingerprint density at radius 3 is 2.56 bits per heavy atom. The molecule has 0 heterocycles. The van der Waals surface area contributed by atoms with E-state index in [-0.39, 0.29) is 23.7 Å². The van der Waals surface area contributed by atoms with Crippen molar-refractivity contribution in [1.82, 2.24) is 0 Å². The number of nitrogens with zero attached hydrogens (tertiary/aromatic N) is 1. The molecule has 0 atom stereocenters. The average molecular weight is 296 g/mol. The molecule has 0 spiro atoms. The first-order chi connectivity index (χ1) is 8.21. The van der Waals surface area contributed by atoms with Crippen LogP contribution < -0.4 is 4.31 Å². The molecule has 1 aromatic carbocycles. The van der Waals surface area contributed by atoms with E-state index < -0.39 is 21.8 Å². The minimum absolute atomic E-state index is 0.130. The summed E-state index contributed by atoms with van der Waals surface area (Å²) in [5.74, 6) is -1.80. The van der Waals surface area contributed by atoms with Gasteiger partial charge in [-0.15, -0.1) is 0 Å². The van der Waals surface area contributed by atoms with E-state index in [2.05, 4.69) is 0 Å². The van der Waals surface area contributed by atoms with Gasteiger partial charge < -0.3 is 5.11 Å². The maximum Gasteiger partial charge on any atom is 0.305 e. The zero-order chi connectivity index (χ0) is 13.9. The van der Waals surface area contributed by atoms with Crippen LogP contribution in [0, 0.1) is 5.82 Å². The van der Waals surface area contributed by atoms with Gasteiger partial charge in [-0.25, -0.2) is 12.8 Å². The molecular formula is C10H11ClFNO4S. The van der Waals surface area contributed by atoms with Gasteiger partial charge in [-0.3, -0.25) is 9.10 Å². The largest absolute Gasteiger partial charge is 0.481 e. The fraction of sp³-hybridized carbons (Fsp3) is 0.300. The van der Waals surface area contributed by atoms with Crippen LogP contribution in [0.3, 0.4) is 0 Å². The summed E-state index contributed by atoms with van der Waals surface area (Å²) in [6, 6.07) is 3.39. The number of carboxylic acid groups (broad SMARTS) is 1. The lowest BCUT2D eigenvalue weighted by Crippen LogP contribution is -2.32. The molecule has 1 rings (SSSR count). The second-order valence-electron chi connectivity index (χ2n) is 3.58. The van der Waals surface area contributed by atoms with Gasteiger partial charge in [-0.05, 0) is 18.2 Å². The van der Waals surface area contributed by atoms with Crippen molar-refractivity contribution in [2.75, 3.05) is 17.1 Å². The van der Waals surface area contributed by atoms with Gasteiger partial charge in [0.05, 0.1) is 23.4 Å². The molecule has 0 aliphatic rings. The Kier molecular flexibility index (Phi) is 4.53. The number of carboxylic acids is 1. The van der Waals surface area contributed by atoms with E-state index in [1.165, 1.54) is 6.07 Å². The third-order valence-electron chi connectivity index (χ3n) is 2.12. The first-order valence-corrected chi connectivity index (χ1v) is 7.09. The zero-order valence-electron chi connectivity index (χ0n) is 9.43. The molecular weight excluding hydrogens is 285 g/mol. The molecule has 0 aliphatic carbocycles. The highest BCUT2D eigenvalue weighted by Crippen LogP contribution is 2.24. The van der Waals surface area contributed by atoms with Crippen molar-refractivity contribution >= 4 is 33.3 Å². The molecule has 8 heteroatoms. The summed E-state index contributed by atoms with van der Waals surface area (Å²) in [6.45, 7) is -0.240. The maximum absolute atomic E-state index is 13.0. The molecule has 1 aromatic rings. The van der Waals surface area contributed by atoms with Crippen LogP contribution in [0.25, 0.3) is 0 Å². The number of sulfonamides is 1. The Morgan fingerprint density at radius 2 is 2.11 bits per heavy atom. The Hall–Kier alpha value is -1.34. The van der Waals surface area contributed by atoms with Crippen molar-refractivity contribution in [3.8, 4) is 0 Å². The van der Waals surface area contributed by atoms with Gasteiger partial charge in [0, 0.05) is 6.54 Å². The van der Waals surface area contributed by atoms with Crippen molar-refractivity contribution in [2.24, 2.45) is 0 Å². The average Bonchev–Trinajstić information content (AvgIpc) is 2.21. The molecule has 0 fully saturated rings. The summed E-state index contributed by atoms with van der Waals surface area (Å²) < 4.78 is 36.9. The third-order valence-corrected chi connectivity index (χ3v) is 3.60. The molecule has 0 saturated heterocycles. The number of hydrogen-bond donors (Lipinski definition) is 1. The topological polar surface area (TPSA) is 74.7 Å². The minimum atomic E-state index is -3.65. The number of halogens is 2. The van der Waals surface area contributed by atoms with Gasteiger partial charge in [0.25, 0.3) is 0 Å². The molecule has 0 saturated carbocycles. The lowest BCUT2D eigenvalue weighted by atomic mass is 10.3. The second kappa shape index (κ2) is 5.53. The minimum Gasteiger partial charge on any atom is -0.481 e. The van der Waals surface area contributed by atoms with Crippen molar-refractivity contribution in [3.05, 3.63) is 29.0 Å². The van der Waals surface area contributed by atoms with Gasteiger partial charge in [0.2, 0.25) is 10.0 Å². The van der Waals surface area contributed by atoms with E-state index in [0.29, 0.717) is 0 Å². The first-order valence-electron chi connectivity index (χ1n) is 4.86. The van der Waals surface area contributed by atoms with Crippen molar-refractivity contribution in [1.29, 1.82) is 0 Å². The van der Waals surface area contributed by atoms with Crippen LogP contribution in [-0.4, -0.2) is 32.3 Å². The second-order valence-corrected chi connectivity index (χ2v) is 5.89. The molecule has 0 radical (unpaired) electrons. The van der Waals surface area contributed by atoms with Crippen LogP contribution >= 0.6 is 11.6 Å². The van der Waals surface area contributed by atoms with E-state index in [4.69, 9.17) is 16.7 Å². The summed E-state index contributed by atoms with van der Waals surface area (Å²) in [7, 11) is -3.65. The van der Waals surface area contributed by atoms with Crippen LogP contribution in [0.15, 0.2) is 18.2 Å². The number of anilines is 1. The van der Waals surface area contributed by atoms with Crippen LogP contribution in [-0.2, 0) is 14.8 Å². The van der Waals surface area contributed by atoms with Crippen LogP contribution in [0.4, 0.5) is 10.1 Å². The van der Waals surface area contributed by atoms with E-state index in [0.717, 1.165) is 22.7 Å². The molecule has 5 nitrogen and oxygen atoms in total. The van der Waals surface area contributed by atoms with E-state index in [1.807, 2.05) is 0 Å². The lowest BCUT2D eigenvalue weighted by Gasteiger charge is -2.21. The smallest absolute Gasteiger partial charge is 0.305 e. The highest BCUT2D eigenvalue weighted by Gasteiger charge is 2.19. The van der Waals surface area contributed by atoms with E-state index in [1.54, 1.807) is 0 Å². The number of aliphatic carboxylic acids is 1. The molecule has 1 N–H and O–H groups in total. The highest BCUT2D eigenvalue weighted by atomic mass is 35.5. The van der Waals surface area contributed by atoms with Crippen molar-refractivity contribution in [2.45, 2.75) is 6.42 Å². The molecule has 0 unspecified atom stereocenters. The number of rotatable bonds is 5. The maximum atomic E-state index is 13.0. The third kappa shape index (κ3) is 3.85. The van der Waals surface area contributed by atoms with E-state index in [9.17, 15) is 17.6 Å². The zero-order valence-corrected chi connectivity index (χ0v) is 11.0. The van der Waals surface area contributed by atoms with E-state index >= 15 is 0 Å². The molecule has 0 bridgehead atoms.